The lowest BCUT2D eigenvalue weighted by atomic mass is 10.1. The van der Waals surface area contributed by atoms with Crippen LogP contribution in [0, 0.1) is 0 Å². The Morgan fingerprint density at radius 3 is 2.93 bits per heavy atom. The molecule has 1 aromatic carbocycles. The molecule has 0 fully saturated rings. The number of halogens is 1. The van der Waals surface area contributed by atoms with E-state index in [4.69, 9.17) is 16.7 Å². The fourth-order valence-corrected chi connectivity index (χ4v) is 2.84. The van der Waals surface area contributed by atoms with Crippen LogP contribution in [0.2, 0.25) is 5.02 Å². The number of hydrogen-bond acceptors (Lipinski definition) is 3. The molecule has 1 aliphatic heterocycles. The molecule has 15 heavy (non-hydrogen) atoms. The maximum atomic E-state index is 11.7. The summed E-state index contributed by atoms with van der Waals surface area (Å²) < 4.78 is 0. The van der Waals surface area contributed by atoms with Gasteiger partial charge in [-0.15, -0.1) is 11.8 Å². The number of hydrogen-bond donors (Lipinski definition) is 1. The number of benzene rings is 1. The number of rotatable bonds is 2. The van der Waals surface area contributed by atoms with Gasteiger partial charge in [-0.3, -0.25) is 9.59 Å². The van der Waals surface area contributed by atoms with Gasteiger partial charge in [-0.1, -0.05) is 11.6 Å². The van der Waals surface area contributed by atoms with Crippen LogP contribution >= 0.6 is 23.4 Å². The van der Waals surface area contributed by atoms with E-state index in [2.05, 4.69) is 0 Å². The van der Waals surface area contributed by atoms with Crippen LogP contribution in [-0.2, 0) is 4.79 Å². The Balaban J connectivity index is 2.29. The van der Waals surface area contributed by atoms with Gasteiger partial charge in [-0.2, -0.15) is 0 Å². The molecule has 2 rings (SSSR count). The minimum atomic E-state index is -0.959. The Morgan fingerprint density at radius 1 is 1.53 bits per heavy atom. The van der Waals surface area contributed by atoms with E-state index in [0.29, 0.717) is 10.6 Å². The molecule has 0 aromatic heterocycles. The molecule has 78 valence electrons. The van der Waals surface area contributed by atoms with Crippen LogP contribution in [0.25, 0.3) is 0 Å². The molecular weight excluding hydrogens is 236 g/mol. The number of Topliss-reactive ketones (excluding diaryl/α,β-unsaturated/α-hetero) is 1. The van der Waals surface area contributed by atoms with Crippen LogP contribution in [0.15, 0.2) is 23.1 Å². The van der Waals surface area contributed by atoms with Crippen molar-refractivity contribution in [3.63, 3.8) is 0 Å². The van der Waals surface area contributed by atoms with Crippen LogP contribution in [-0.4, -0.2) is 22.1 Å². The molecule has 1 atom stereocenters. The molecular formula is C10H7ClO3S. The van der Waals surface area contributed by atoms with Crippen molar-refractivity contribution in [3.05, 3.63) is 28.8 Å². The minimum Gasteiger partial charge on any atom is -0.481 e. The molecule has 5 heteroatoms. The van der Waals surface area contributed by atoms with Crippen molar-refractivity contribution in [2.24, 2.45) is 0 Å². The number of thioether (sulfide) groups is 1. The SMILES string of the molecule is O=C(O)CC1Sc2ccc(Cl)cc2C1=O. The largest absolute Gasteiger partial charge is 0.481 e. The van der Waals surface area contributed by atoms with Gasteiger partial charge in [-0.05, 0) is 18.2 Å². The standard InChI is InChI=1S/C10H7ClO3S/c11-5-1-2-7-6(3-5)10(14)8(15-7)4-9(12)13/h1-3,8H,4H2,(H,12,13). The van der Waals surface area contributed by atoms with Crippen molar-refractivity contribution in [1.29, 1.82) is 0 Å². The third-order valence-electron chi connectivity index (χ3n) is 2.13. The molecule has 1 unspecified atom stereocenters. The maximum absolute atomic E-state index is 11.7. The predicted molar refractivity (Wildman–Crippen MR) is 57.7 cm³/mol. The van der Waals surface area contributed by atoms with Crippen molar-refractivity contribution in [1.82, 2.24) is 0 Å². The second-order valence-electron chi connectivity index (χ2n) is 3.21. The summed E-state index contributed by atoms with van der Waals surface area (Å²) in [5.41, 5.74) is 0.541. The normalized spacial score (nSPS) is 19.0. The molecule has 1 aliphatic rings. The second kappa shape index (κ2) is 3.87. The van der Waals surface area contributed by atoms with Gasteiger partial charge in [0.05, 0.1) is 11.7 Å². The van der Waals surface area contributed by atoms with Crippen LogP contribution < -0.4 is 0 Å². The van der Waals surface area contributed by atoms with Crippen LogP contribution in [0.5, 0.6) is 0 Å². The maximum Gasteiger partial charge on any atom is 0.304 e. The van der Waals surface area contributed by atoms with Gasteiger partial charge in [0.2, 0.25) is 0 Å². The zero-order valence-electron chi connectivity index (χ0n) is 7.57. The first-order chi connectivity index (χ1) is 7.08. The summed E-state index contributed by atoms with van der Waals surface area (Å²) in [6.45, 7) is 0. The number of carbonyl (C=O) groups excluding carboxylic acids is 1. The van der Waals surface area contributed by atoms with E-state index in [0.717, 1.165) is 4.90 Å². The molecule has 0 saturated carbocycles. The van der Waals surface area contributed by atoms with Gasteiger partial charge in [0.25, 0.3) is 0 Å². The number of carboxylic acids is 1. The van der Waals surface area contributed by atoms with E-state index in [1.54, 1.807) is 18.2 Å². The third kappa shape index (κ3) is 2.01. The Labute approximate surface area is 95.4 Å². The minimum absolute atomic E-state index is 0.139. The monoisotopic (exact) mass is 242 g/mol. The van der Waals surface area contributed by atoms with Gasteiger partial charge in [-0.25, -0.2) is 0 Å². The highest BCUT2D eigenvalue weighted by atomic mass is 35.5. The van der Waals surface area contributed by atoms with Gasteiger partial charge >= 0.3 is 5.97 Å². The Bertz CT molecular complexity index is 444. The fourth-order valence-electron chi connectivity index (χ4n) is 1.47. The molecule has 0 radical (unpaired) electrons. The fraction of sp³-hybridized carbons (Fsp3) is 0.200. The zero-order valence-corrected chi connectivity index (χ0v) is 9.14. The summed E-state index contributed by atoms with van der Waals surface area (Å²) in [6.07, 6.45) is -0.143. The summed E-state index contributed by atoms with van der Waals surface area (Å²) in [5, 5.41) is 8.63. The quantitative estimate of drug-likeness (QED) is 0.866. The molecule has 0 amide bonds. The molecule has 1 heterocycles. The predicted octanol–water partition coefficient (Wildman–Crippen LogP) is 2.47. The summed E-state index contributed by atoms with van der Waals surface area (Å²) in [5.74, 6) is -1.10. The lowest BCUT2D eigenvalue weighted by Gasteiger charge is -2.01. The molecule has 0 saturated heterocycles. The zero-order chi connectivity index (χ0) is 11.0. The molecule has 0 spiro atoms. The van der Waals surface area contributed by atoms with E-state index in [-0.39, 0.29) is 12.2 Å². The van der Waals surface area contributed by atoms with Crippen molar-refractivity contribution >= 4 is 35.1 Å². The Kier molecular flexibility index (Phi) is 2.71. The highest BCUT2D eigenvalue weighted by molar-refractivity contribution is 8.01. The smallest absolute Gasteiger partial charge is 0.304 e. The lowest BCUT2D eigenvalue weighted by molar-refractivity contribution is -0.136. The highest BCUT2D eigenvalue weighted by Crippen LogP contribution is 2.39. The molecule has 0 bridgehead atoms. The lowest BCUT2D eigenvalue weighted by Crippen LogP contribution is -2.16. The highest BCUT2D eigenvalue weighted by Gasteiger charge is 2.32. The van der Waals surface area contributed by atoms with Crippen molar-refractivity contribution in [2.75, 3.05) is 0 Å². The van der Waals surface area contributed by atoms with Gasteiger partial charge in [0, 0.05) is 15.5 Å². The van der Waals surface area contributed by atoms with Gasteiger partial charge in [0.15, 0.2) is 5.78 Å². The molecule has 1 aromatic rings. The number of carboxylic acid groups (broad SMARTS) is 1. The topological polar surface area (TPSA) is 54.4 Å². The molecule has 1 N–H and O–H groups in total. The van der Waals surface area contributed by atoms with Crippen molar-refractivity contribution < 1.29 is 14.7 Å². The first-order valence-corrected chi connectivity index (χ1v) is 5.56. The number of ketones is 1. The first kappa shape index (κ1) is 10.5. The Morgan fingerprint density at radius 2 is 2.27 bits per heavy atom. The van der Waals surface area contributed by atoms with E-state index in [1.807, 2.05) is 0 Å². The number of fused-ring (bicyclic) bond motifs is 1. The van der Waals surface area contributed by atoms with E-state index < -0.39 is 11.2 Å². The van der Waals surface area contributed by atoms with Gasteiger partial charge < -0.3 is 5.11 Å². The van der Waals surface area contributed by atoms with Crippen LogP contribution in [0.1, 0.15) is 16.8 Å². The number of carbonyl (C=O) groups is 2. The van der Waals surface area contributed by atoms with Crippen LogP contribution in [0.3, 0.4) is 0 Å². The average molecular weight is 243 g/mol. The molecule has 0 aliphatic carbocycles. The van der Waals surface area contributed by atoms with Crippen molar-refractivity contribution in [3.8, 4) is 0 Å². The van der Waals surface area contributed by atoms with Crippen molar-refractivity contribution in [2.45, 2.75) is 16.6 Å². The third-order valence-corrected chi connectivity index (χ3v) is 3.64. The average Bonchev–Trinajstić information content (AvgIpc) is 2.44. The summed E-state index contributed by atoms with van der Waals surface area (Å²) in [6, 6.07) is 5.04. The molecule has 3 nitrogen and oxygen atoms in total. The Hall–Kier alpha value is -1.00. The van der Waals surface area contributed by atoms with E-state index in [1.165, 1.54) is 11.8 Å². The van der Waals surface area contributed by atoms with E-state index in [9.17, 15) is 9.59 Å². The number of aliphatic carboxylic acids is 1. The summed E-state index contributed by atoms with van der Waals surface area (Å²) in [7, 11) is 0. The second-order valence-corrected chi connectivity index (χ2v) is 4.89. The van der Waals surface area contributed by atoms with Crippen LogP contribution in [0.4, 0.5) is 0 Å². The van der Waals surface area contributed by atoms with Gasteiger partial charge in [0.1, 0.15) is 0 Å². The summed E-state index contributed by atoms with van der Waals surface area (Å²) >= 11 is 7.06. The summed E-state index contributed by atoms with van der Waals surface area (Å²) in [4.78, 5) is 23.1. The van der Waals surface area contributed by atoms with E-state index >= 15 is 0 Å². The first-order valence-electron chi connectivity index (χ1n) is 4.30.